The third kappa shape index (κ3) is 5.57. The van der Waals surface area contributed by atoms with Gasteiger partial charge in [-0.1, -0.05) is 36.4 Å². The van der Waals surface area contributed by atoms with E-state index in [2.05, 4.69) is 15.0 Å². The van der Waals surface area contributed by atoms with Crippen molar-refractivity contribution < 1.29 is 27.5 Å². The number of methoxy groups -OCH3 is 1. The second-order valence-corrected chi connectivity index (χ2v) is 6.39. The molecule has 0 radical (unpaired) electrons. The predicted octanol–water partition coefficient (Wildman–Crippen LogP) is 5.53. The molecule has 0 bridgehead atoms. The van der Waals surface area contributed by atoms with Gasteiger partial charge >= 0.3 is 12.1 Å². The number of hydrogen-bond donors (Lipinski definition) is 1. The highest BCUT2D eigenvalue weighted by atomic mass is 19.4. The van der Waals surface area contributed by atoms with E-state index < -0.39 is 23.6 Å². The summed E-state index contributed by atoms with van der Waals surface area (Å²) in [5, 5.41) is 2.77. The van der Waals surface area contributed by atoms with E-state index in [1.165, 1.54) is 31.4 Å². The maximum absolute atomic E-state index is 13.1. The molecular formula is C23H17F3N2O3. The van der Waals surface area contributed by atoms with Crippen LogP contribution in [0.25, 0.3) is 6.08 Å². The molecule has 1 heterocycles. The zero-order valence-electron chi connectivity index (χ0n) is 16.3. The van der Waals surface area contributed by atoms with Gasteiger partial charge in [-0.15, -0.1) is 0 Å². The van der Waals surface area contributed by atoms with Crippen molar-refractivity contribution in [1.82, 2.24) is 4.98 Å². The second-order valence-electron chi connectivity index (χ2n) is 6.39. The second kappa shape index (κ2) is 9.25. The zero-order valence-corrected chi connectivity index (χ0v) is 16.3. The highest BCUT2D eigenvalue weighted by Gasteiger charge is 2.33. The highest BCUT2D eigenvalue weighted by molar-refractivity contribution is 6.10. The van der Waals surface area contributed by atoms with E-state index in [1.807, 2.05) is 0 Å². The zero-order chi connectivity index (χ0) is 22.4. The first kappa shape index (κ1) is 21.8. The average molecular weight is 426 g/mol. The summed E-state index contributed by atoms with van der Waals surface area (Å²) in [6, 6.07) is 16.6. The minimum absolute atomic E-state index is 0.0146. The summed E-state index contributed by atoms with van der Waals surface area (Å²) in [5.41, 5.74) is 0.348. The molecule has 1 N–H and O–H groups in total. The van der Waals surface area contributed by atoms with Crippen LogP contribution < -0.4 is 5.32 Å². The molecule has 0 saturated carbocycles. The van der Waals surface area contributed by atoms with Crippen LogP contribution in [0, 0.1) is 0 Å². The van der Waals surface area contributed by atoms with Crippen molar-refractivity contribution in [1.29, 1.82) is 0 Å². The summed E-state index contributed by atoms with van der Waals surface area (Å²) in [4.78, 5) is 27.8. The van der Waals surface area contributed by atoms with Crippen molar-refractivity contribution in [3.8, 4) is 0 Å². The summed E-state index contributed by atoms with van der Waals surface area (Å²) in [5.74, 6) is -1.22. The number of benzene rings is 2. The maximum atomic E-state index is 13.1. The number of alkyl halides is 3. The Kier molecular flexibility index (Phi) is 6.49. The molecule has 0 spiro atoms. The number of para-hydroxylation sites is 1. The lowest BCUT2D eigenvalue weighted by Crippen LogP contribution is -2.12. The Labute approximate surface area is 176 Å². The molecule has 8 heteroatoms. The van der Waals surface area contributed by atoms with Gasteiger partial charge in [-0.3, -0.25) is 4.79 Å². The molecule has 31 heavy (non-hydrogen) atoms. The van der Waals surface area contributed by atoms with Gasteiger partial charge in [0, 0.05) is 5.69 Å². The van der Waals surface area contributed by atoms with Gasteiger partial charge in [0.25, 0.3) is 0 Å². The number of nitrogens with one attached hydrogen (secondary N) is 1. The third-order valence-corrected chi connectivity index (χ3v) is 4.25. The van der Waals surface area contributed by atoms with Gasteiger partial charge in [-0.2, -0.15) is 13.2 Å². The van der Waals surface area contributed by atoms with Crippen LogP contribution in [-0.2, 0) is 10.9 Å². The molecule has 0 aliphatic heterocycles. The van der Waals surface area contributed by atoms with Crippen LogP contribution in [0.5, 0.6) is 0 Å². The first-order valence-electron chi connectivity index (χ1n) is 9.09. The maximum Gasteiger partial charge on any atom is 0.433 e. The molecule has 5 nitrogen and oxygen atoms in total. The number of esters is 1. The van der Waals surface area contributed by atoms with Crippen LogP contribution in [0.15, 0.2) is 72.8 Å². The molecule has 1 aromatic heterocycles. The van der Waals surface area contributed by atoms with Crippen LogP contribution in [0.4, 0.5) is 24.7 Å². The number of rotatable bonds is 6. The van der Waals surface area contributed by atoms with Gasteiger partial charge in [0.1, 0.15) is 11.5 Å². The topological polar surface area (TPSA) is 68.3 Å². The lowest BCUT2D eigenvalue weighted by atomic mass is 10.1. The Morgan fingerprint density at radius 3 is 2.26 bits per heavy atom. The predicted molar refractivity (Wildman–Crippen MR) is 110 cm³/mol. The van der Waals surface area contributed by atoms with Gasteiger partial charge in [0.05, 0.1) is 18.2 Å². The highest BCUT2D eigenvalue weighted by Crippen LogP contribution is 2.30. The van der Waals surface area contributed by atoms with Crippen LogP contribution in [0.2, 0.25) is 0 Å². The number of allylic oxidation sites excluding steroid dienone is 1. The van der Waals surface area contributed by atoms with E-state index in [9.17, 15) is 22.8 Å². The van der Waals surface area contributed by atoms with Crippen LogP contribution >= 0.6 is 0 Å². The minimum Gasteiger partial charge on any atom is -0.465 e. The quantitative estimate of drug-likeness (QED) is 0.319. The van der Waals surface area contributed by atoms with Crippen molar-refractivity contribution >= 4 is 29.3 Å². The van der Waals surface area contributed by atoms with Crippen molar-refractivity contribution in [2.45, 2.75) is 6.18 Å². The van der Waals surface area contributed by atoms with Crippen LogP contribution in [-0.4, -0.2) is 23.8 Å². The Morgan fingerprint density at radius 1 is 0.968 bits per heavy atom. The molecule has 0 saturated heterocycles. The molecule has 0 fully saturated rings. The molecule has 3 aromatic rings. The number of ether oxygens (including phenoxy) is 1. The number of nitrogens with zero attached hydrogens (tertiary/aromatic N) is 1. The first-order valence-corrected chi connectivity index (χ1v) is 9.09. The lowest BCUT2D eigenvalue weighted by Gasteiger charge is -2.13. The number of hydrogen-bond acceptors (Lipinski definition) is 5. The summed E-state index contributed by atoms with van der Waals surface area (Å²) in [6.45, 7) is 0. The monoisotopic (exact) mass is 426 g/mol. The summed E-state index contributed by atoms with van der Waals surface area (Å²) in [6.07, 6.45) is -1.92. The first-order chi connectivity index (χ1) is 14.8. The smallest absolute Gasteiger partial charge is 0.433 e. The number of aromatic nitrogens is 1. The molecule has 0 amide bonds. The van der Waals surface area contributed by atoms with E-state index >= 15 is 0 Å². The number of halogens is 3. The Hall–Kier alpha value is -3.94. The molecule has 0 atom stereocenters. The molecule has 158 valence electrons. The SMILES string of the molecule is COC(=O)c1ccc(/C=C/C(=O)c2ccc(C(F)(F)F)nc2Nc2ccccc2)cc1. The lowest BCUT2D eigenvalue weighted by molar-refractivity contribution is -0.141. The molecule has 2 aromatic carbocycles. The number of carbonyl (C=O) groups is 2. The van der Waals surface area contributed by atoms with E-state index in [0.717, 1.165) is 12.1 Å². The van der Waals surface area contributed by atoms with E-state index in [1.54, 1.807) is 42.5 Å². The standard InChI is InChI=1S/C23H17F3N2O3/c1-31-22(30)16-10-7-15(8-11-16)9-13-19(29)18-12-14-20(23(24,25)26)28-21(18)27-17-5-3-2-4-6-17/h2-14H,1H3,(H,27,28)/b13-9+. The van der Waals surface area contributed by atoms with E-state index in [-0.39, 0.29) is 11.4 Å². The van der Waals surface area contributed by atoms with Crippen molar-refractivity contribution in [2.24, 2.45) is 0 Å². The van der Waals surface area contributed by atoms with Crippen molar-refractivity contribution in [3.05, 3.63) is 95.2 Å². The van der Waals surface area contributed by atoms with Crippen molar-refractivity contribution in [3.63, 3.8) is 0 Å². The summed E-state index contributed by atoms with van der Waals surface area (Å²) in [7, 11) is 1.27. The Morgan fingerprint density at radius 2 is 1.65 bits per heavy atom. The fourth-order valence-corrected chi connectivity index (χ4v) is 2.68. The van der Waals surface area contributed by atoms with E-state index in [4.69, 9.17) is 0 Å². The fraction of sp³-hybridized carbons (Fsp3) is 0.0870. The third-order valence-electron chi connectivity index (χ3n) is 4.25. The molecule has 0 aliphatic carbocycles. The number of pyridine rings is 1. The largest absolute Gasteiger partial charge is 0.465 e. The van der Waals surface area contributed by atoms with E-state index in [0.29, 0.717) is 16.8 Å². The van der Waals surface area contributed by atoms with Gasteiger partial charge in [0.15, 0.2) is 5.78 Å². The number of carbonyl (C=O) groups excluding carboxylic acids is 2. The molecule has 0 unspecified atom stereocenters. The Balaban J connectivity index is 1.88. The van der Waals surface area contributed by atoms with Gasteiger partial charge in [-0.25, -0.2) is 9.78 Å². The van der Waals surface area contributed by atoms with Crippen LogP contribution in [0.3, 0.4) is 0 Å². The summed E-state index contributed by atoms with van der Waals surface area (Å²) >= 11 is 0. The number of anilines is 2. The summed E-state index contributed by atoms with van der Waals surface area (Å²) < 4.78 is 43.9. The average Bonchev–Trinajstić information content (AvgIpc) is 2.77. The van der Waals surface area contributed by atoms with Crippen molar-refractivity contribution in [2.75, 3.05) is 12.4 Å². The molecule has 3 rings (SSSR count). The molecule has 0 aliphatic rings. The minimum atomic E-state index is -4.65. The van der Waals surface area contributed by atoms with Gasteiger partial charge in [-0.05, 0) is 48.0 Å². The van der Waals surface area contributed by atoms with Crippen LogP contribution in [0.1, 0.15) is 32.0 Å². The van der Waals surface area contributed by atoms with Gasteiger partial charge < -0.3 is 10.1 Å². The van der Waals surface area contributed by atoms with Gasteiger partial charge in [0.2, 0.25) is 0 Å². The molecular weight excluding hydrogens is 409 g/mol. The normalized spacial score (nSPS) is 11.4. The number of ketones is 1. The Bertz CT molecular complexity index is 1110. The fourth-order valence-electron chi connectivity index (χ4n) is 2.68.